The summed E-state index contributed by atoms with van der Waals surface area (Å²) in [6.45, 7) is 4.61. The van der Waals surface area contributed by atoms with Gasteiger partial charge in [0.15, 0.2) is 0 Å². The van der Waals surface area contributed by atoms with E-state index in [1.165, 1.54) is 0 Å². The highest BCUT2D eigenvalue weighted by atomic mass is 32.1. The monoisotopic (exact) mass is 265 g/mol. The molecule has 2 aromatic heterocycles. The SMILES string of the molecule is CCc1nnsc1C(=O)N[C@H](C)Cn1ccnc1. The third-order valence-electron chi connectivity index (χ3n) is 2.52. The highest BCUT2D eigenvalue weighted by Gasteiger charge is 2.16. The minimum atomic E-state index is -0.102. The lowest BCUT2D eigenvalue weighted by molar-refractivity contribution is 0.0939. The maximum atomic E-state index is 12.0. The highest BCUT2D eigenvalue weighted by Crippen LogP contribution is 2.11. The van der Waals surface area contributed by atoms with Crippen molar-refractivity contribution in [3.8, 4) is 0 Å². The number of carbonyl (C=O) groups is 1. The smallest absolute Gasteiger partial charge is 0.265 e. The van der Waals surface area contributed by atoms with Gasteiger partial charge in [0.25, 0.3) is 5.91 Å². The fourth-order valence-electron chi connectivity index (χ4n) is 1.66. The molecule has 0 aromatic carbocycles. The molecule has 1 N–H and O–H groups in total. The standard InChI is InChI=1S/C11H15N5OS/c1-3-9-10(18-15-14-9)11(17)13-8(2)6-16-5-4-12-7-16/h4-5,7-8H,3,6H2,1-2H3,(H,13,17)/t8-/m1/s1. The summed E-state index contributed by atoms with van der Waals surface area (Å²) in [7, 11) is 0. The van der Waals surface area contributed by atoms with Gasteiger partial charge in [0.2, 0.25) is 0 Å². The van der Waals surface area contributed by atoms with Crippen LogP contribution in [0.4, 0.5) is 0 Å². The second kappa shape index (κ2) is 5.72. The van der Waals surface area contributed by atoms with Crippen molar-refractivity contribution in [2.75, 3.05) is 0 Å². The molecule has 1 amide bonds. The molecule has 0 unspecified atom stereocenters. The Hall–Kier alpha value is -1.76. The summed E-state index contributed by atoms with van der Waals surface area (Å²) < 4.78 is 5.74. The summed E-state index contributed by atoms with van der Waals surface area (Å²) in [5, 5.41) is 6.87. The molecule has 0 saturated heterocycles. The van der Waals surface area contributed by atoms with Gasteiger partial charge in [-0.15, -0.1) is 5.10 Å². The molecule has 0 aliphatic heterocycles. The summed E-state index contributed by atoms with van der Waals surface area (Å²) in [4.78, 5) is 16.6. The van der Waals surface area contributed by atoms with E-state index in [0.717, 1.165) is 23.6 Å². The van der Waals surface area contributed by atoms with E-state index in [2.05, 4.69) is 19.9 Å². The number of nitrogens with one attached hydrogen (secondary N) is 1. The Morgan fingerprint density at radius 2 is 2.44 bits per heavy atom. The van der Waals surface area contributed by atoms with Crippen molar-refractivity contribution in [2.24, 2.45) is 0 Å². The average molecular weight is 265 g/mol. The van der Waals surface area contributed by atoms with E-state index in [0.29, 0.717) is 11.4 Å². The van der Waals surface area contributed by atoms with Crippen molar-refractivity contribution in [3.63, 3.8) is 0 Å². The second-order valence-electron chi connectivity index (χ2n) is 4.04. The van der Waals surface area contributed by atoms with Crippen LogP contribution >= 0.6 is 11.5 Å². The van der Waals surface area contributed by atoms with Crippen LogP contribution in [0.2, 0.25) is 0 Å². The minimum absolute atomic E-state index is 0.0264. The van der Waals surface area contributed by atoms with Crippen molar-refractivity contribution in [1.82, 2.24) is 24.5 Å². The molecule has 0 spiro atoms. The zero-order valence-electron chi connectivity index (χ0n) is 10.3. The number of rotatable bonds is 5. The number of carbonyl (C=O) groups excluding carboxylic acids is 1. The van der Waals surface area contributed by atoms with Crippen molar-refractivity contribution in [1.29, 1.82) is 0 Å². The first-order valence-corrected chi connectivity index (χ1v) is 6.56. The third kappa shape index (κ3) is 2.92. The van der Waals surface area contributed by atoms with Gasteiger partial charge in [-0.25, -0.2) is 4.98 Å². The summed E-state index contributed by atoms with van der Waals surface area (Å²) in [5.74, 6) is -0.102. The van der Waals surface area contributed by atoms with Gasteiger partial charge in [0.05, 0.1) is 12.0 Å². The van der Waals surface area contributed by atoms with Crippen LogP contribution in [0, 0.1) is 0 Å². The zero-order chi connectivity index (χ0) is 13.0. The van der Waals surface area contributed by atoms with Crippen molar-refractivity contribution in [3.05, 3.63) is 29.3 Å². The lowest BCUT2D eigenvalue weighted by Crippen LogP contribution is -2.35. The lowest BCUT2D eigenvalue weighted by Gasteiger charge is -2.13. The van der Waals surface area contributed by atoms with Crippen LogP contribution < -0.4 is 5.32 Å². The van der Waals surface area contributed by atoms with Gasteiger partial charge in [-0.3, -0.25) is 4.79 Å². The highest BCUT2D eigenvalue weighted by molar-refractivity contribution is 7.08. The predicted octanol–water partition coefficient (Wildman–Crippen LogP) is 1.12. The van der Waals surface area contributed by atoms with E-state index in [4.69, 9.17) is 0 Å². The number of aromatic nitrogens is 4. The van der Waals surface area contributed by atoms with E-state index >= 15 is 0 Å². The molecule has 0 aliphatic carbocycles. The van der Waals surface area contributed by atoms with E-state index in [1.807, 2.05) is 24.6 Å². The van der Waals surface area contributed by atoms with Gasteiger partial charge in [0.1, 0.15) is 4.88 Å². The van der Waals surface area contributed by atoms with Crippen LogP contribution in [-0.2, 0) is 13.0 Å². The molecule has 96 valence electrons. The Kier molecular flexibility index (Phi) is 4.03. The van der Waals surface area contributed by atoms with E-state index in [9.17, 15) is 4.79 Å². The topological polar surface area (TPSA) is 72.7 Å². The molecule has 0 radical (unpaired) electrons. The van der Waals surface area contributed by atoms with Gasteiger partial charge in [-0.2, -0.15) is 0 Å². The van der Waals surface area contributed by atoms with Crippen LogP contribution in [0.15, 0.2) is 18.7 Å². The number of aryl methyl sites for hydroxylation is 1. The van der Waals surface area contributed by atoms with E-state index in [1.54, 1.807) is 12.5 Å². The van der Waals surface area contributed by atoms with E-state index < -0.39 is 0 Å². The van der Waals surface area contributed by atoms with Gasteiger partial charge >= 0.3 is 0 Å². The number of hydrogen-bond donors (Lipinski definition) is 1. The summed E-state index contributed by atoms with van der Waals surface area (Å²) >= 11 is 1.14. The Labute approximate surface area is 109 Å². The zero-order valence-corrected chi connectivity index (χ0v) is 11.1. The summed E-state index contributed by atoms with van der Waals surface area (Å²) in [5.41, 5.74) is 0.757. The van der Waals surface area contributed by atoms with Crippen LogP contribution in [0.1, 0.15) is 29.2 Å². The minimum Gasteiger partial charge on any atom is -0.347 e. The Morgan fingerprint density at radius 3 is 3.11 bits per heavy atom. The van der Waals surface area contributed by atoms with Crippen LogP contribution in [-0.4, -0.2) is 31.1 Å². The Balaban J connectivity index is 1.95. The van der Waals surface area contributed by atoms with Gasteiger partial charge in [0, 0.05) is 25.0 Å². The number of hydrogen-bond acceptors (Lipinski definition) is 5. The molecule has 7 heteroatoms. The predicted molar refractivity (Wildman–Crippen MR) is 68.4 cm³/mol. The van der Waals surface area contributed by atoms with Crippen molar-refractivity contribution >= 4 is 17.4 Å². The Morgan fingerprint density at radius 1 is 1.61 bits per heavy atom. The lowest BCUT2D eigenvalue weighted by atomic mass is 10.2. The molecule has 1 atom stereocenters. The van der Waals surface area contributed by atoms with Gasteiger partial charge < -0.3 is 9.88 Å². The fraction of sp³-hybridized carbons (Fsp3) is 0.455. The molecule has 2 heterocycles. The normalized spacial score (nSPS) is 12.3. The quantitative estimate of drug-likeness (QED) is 0.879. The Bertz CT molecular complexity index is 507. The molecule has 0 bridgehead atoms. The average Bonchev–Trinajstić information content (AvgIpc) is 2.97. The molecule has 18 heavy (non-hydrogen) atoms. The molecule has 0 aliphatic rings. The number of imidazole rings is 1. The first kappa shape index (κ1) is 12.7. The third-order valence-corrected chi connectivity index (χ3v) is 3.29. The van der Waals surface area contributed by atoms with Gasteiger partial charge in [-0.05, 0) is 24.9 Å². The maximum absolute atomic E-state index is 12.0. The van der Waals surface area contributed by atoms with Crippen LogP contribution in [0.25, 0.3) is 0 Å². The molecule has 2 aromatic rings. The molecule has 0 fully saturated rings. The first-order valence-electron chi connectivity index (χ1n) is 5.78. The van der Waals surface area contributed by atoms with Crippen LogP contribution in [0.5, 0.6) is 0 Å². The summed E-state index contributed by atoms with van der Waals surface area (Å²) in [6.07, 6.45) is 6.04. The number of amides is 1. The molecular formula is C11H15N5OS. The molecule has 2 rings (SSSR count). The van der Waals surface area contributed by atoms with E-state index in [-0.39, 0.29) is 11.9 Å². The maximum Gasteiger partial charge on any atom is 0.265 e. The fourth-order valence-corrected chi connectivity index (χ4v) is 2.31. The largest absolute Gasteiger partial charge is 0.347 e. The first-order chi connectivity index (χ1) is 8.70. The molecule has 0 saturated carbocycles. The summed E-state index contributed by atoms with van der Waals surface area (Å²) in [6, 6.07) is 0.0264. The number of nitrogens with zero attached hydrogens (tertiary/aromatic N) is 4. The molecule has 6 nitrogen and oxygen atoms in total. The van der Waals surface area contributed by atoms with Crippen molar-refractivity contribution < 1.29 is 4.79 Å². The van der Waals surface area contributed by atoms with Crippen LogP contribution in [0.3, 0.4) is 0 Å². The molecular weight excluding hydrogens is 250 g/mol. The van der Waals surface area contributed by atoms with Gasteiger partial charge in [-0.1, -0.05) is 11.4 Å². The second-order valence-corrected chi connectivity index (χ2v) is 4.79. The van der Waals surface area contributed by atoms with Crippen molar-refractivity contribution in [2.45, 2.75) is 32.9 Å².